The van der Waals surface area contributed by atoms with Crippen molar-refractivity contribution >= 4 is 0 Å². The van der Waals surface area contributed by atoms with E-state index in [0.29, 0.717) is 0 Å². The van der Waals surface area contributed by atoms with Crippen molar-refractivity contribution in [3.8, 4) is 0 Å². The maximum Gasteiger partial charge on any atom is 0 e. The Morgan fingerprint density at radius 2 is 1.27 bits per heavy atom. The summed E-state index contributed by atoms with van der Waals surface area (Å²) in [6, 6.07) is 0. The van der Waals surface area contributed by atoms with Gasteiger partial charge in [-0.05, 0) is 18.3 Å². The van der Waals surface area contributed by atoms with E-state index in [4.69, 9.17) is 0 Å². The zero-order valence-electron chi connectivity index (χ0n) is 9.36. The molecule has 0 aromatic rings. The molecule has 7 rings (SSSR count). The quantitative estimate of drug-likeness (QED) is 0.596. The molecule has 7 saturated carbocycles. The molecule has 0 aromatic heterocycles. The van der Waals surface area contributed by atoms with Gasteiger partial charge in [0.1, 0.15) is 0 Å². The fourth-order valence-corrected chi connectivity index (χ4v) is 6.48. The fourth-order valence-electron chi connectivity index (χ4n) is 6.48. The molecule has 0 nitrogen and oxygen atoms in total. The van der Waals surface area contributed by atoms with Gasteiger partial charge in [-0.3, -0.25) is 0 Å². The number of hydrogen-bond acceptors (Lipinski definition) is 0. The predicted molar refractivity (Wildman–Crippen MR) is 55.4 cm³/mol. The third kappa shape index (κ3) is 1.08. The van der Waals surface area contributed by atoms with Crippen molar-refractivity contribution in [2.24, 2.45) is 41.4 Å². The SMILES string of the molecule is C1[C-]2C3CC4CC2C2CC1CC3C2C4.[Y]. The molecule has 4 unspecified atom stereocenters. The molecule has 0 N–H and O–H groups in total. The molecule has 7 aliphatic carbocycles. The van der Waals surface area contributed by atoms with Crippen molar-refractivity contribution in [2.45, 2.75) is 38.5 Å². The molecule has 1 radical (unpaired) electrons. The van der Waals surface area contributed by atoms with Crippen LogP contribution in [0.5, 0.6) is 0 Å². The van der Waals surface area contributed by atoms with Crippen molar-refractivity contribution in [1.29, 1.82) is 0 Å². The van der Waals surface area contributed by atoms with Crippen LogP contribution in [-0.4, -0.2) is 0 Å². The van der Waals surface area contributed by atoms with E-state index in [-0.39, 0.29) is 32.7 Å². The molecule has 8 bridgehead atoms. The first-order chi connectivity index (χ1) is 6.90. The maximum atomic E-state index is 2.09. The first-order valence-corrected chi connectivity index (χ1v) is 6.75. The third-order valence-electron chi connectivity index (χ3n) is 6.60. The van der Waals surface area contributed by atoms with Crippen molar-refractivity contribution < 1.29 is 32.7 Å². The number of rotatable bonds is 0. The normalized spacial score (nSPS) is 63.6. The summed E-state index contributed by atoms with van der Waals surface area (Å²) >= 11 is 0. The molecule has 7 fully saturated rings. The van der Waals surface area contributed by atoms with Crippen LogP contribution in [-0.2, 0) is 32.7 Å². The van der Waals surface area contributed by atoms with Crippen LogP contribution in [0.2, 0.25) is 0 Å². The summed E-state index contributed by atoms with van der Waals surface area (Å²) in [7, 11) is 0. The summed E-state index contributed by atoms with van der Waals surface area (Å²) in [6.07, 6.45) is 9.71. The molecule has 79 valence electrons. The summed E-state index contributed by atoms with van der Waals surface area (Å²) in [5.41, 5.74) is 0. The average molecular weight is 276 g/mol. The van der Waals surface area contributed by atoms with E-state index in [9.17, 15) is 0 Å². The first-order valence-electron chi connectivity index (χ1n) is 6.75. The van der Waals surface area contributed by atoms with Crippen LogP contribution in [0.3, 0.4) is 0 Å². The Hall–Kier alpha value is 1.10. The van der Waals surface area contributed by atoms with Gasteiger partial charge >= 0.3 is 0 Å². The van der Waals surface area contributed by atoms with Gasteiger partial charge in [-0.2, -0.15) is 18.3 Å². The van der Waals surface area contributed by atoms with Gasteiger partial charge in [0.05, 0.1) is 0 Å². The van der Waals surface area contributed by atoms with Gasteiger partial charge in [-0.15, -0.1) is 0 Å². The molecular formula is C14H19Y-. The molecule has 0 aliphatic heterocycles. The summed E-state index contributed by atoms with van der Waals surface area (Å²) in [5.74, 6) is 10.3. The summed E-state index contributed by atoms with van der Waals surface area (Å²) in [4.78, 5) is 0. The summed E-state index contributed by atoms with van der Waals surface area (Å²) < 4.78 is 0. The second-order valence-corrected chi connectivity index (χ2v) is 6.89. The minimum atomic E-state index is 0. The molecule has 7 aliphatic rings. The maximum absolute atomic E-state index is 2.09. The van der Waals surface area contributed by atoms with Crippen molar-refractivity contribution in [3.05, 3.63) is 5.92 Å². The van der Waals surface area contributed by atoms with Crippen LogP contribution < -0.4 is 0 Å². The van der Waals surface area contributed by atoms with E-state index in [1.807, 2.05) is 0 Å². The Morgan fingerprint density at radius 1 is 0.667 bits per heavy atom. The zero-order valence-corrected chi connectivity index (χ0v) is 12.2. The standard InChI is InChI=1S/C14H19.Y/c1-7-2-12-10-4-8-5-11(9(1)10)13(3-7)14(12)6-8;/h7-13H,1-6H2;/q-1;. The van der Waals surface area contributed by atoms with Crippen LogP contribution in [0, 0.1) is 47.3 Å². The molecule has 0 amide bonds. The molecule has 1 heteroatoms. The third-order valence-corrected chi connectivity index (χ3v) is 6.60. The summed E-state index contributed by atoms with van der Waals surface area (Å²) in [5, 5.41) is 0. The zero-order chi connectivity index (χ0) is 8.86. The van der Waals surface area contributed by atoms with E-state index >= 15 is 0 Å². The van der Waals surface area contributed by atoms with Crippen LogP contribution in [0.4, 0.5) is 0 Å². The molecule has 0 spiro atoms. The Morgan fingerprint density at radius 3 is 1.93 bits per heavy atom. The predicted octanol–water partition coefficient (Wildman–Crippen LogP) is 3.28. The Bertz CT molecular complexity index is 210. The van der Waals surface area contributed by atoms with Crippen molar-refractivity contribution in [3.63, 3.8) is 0 Å². The average Bonchev–Trinajstić information content (AvgIpc) is 2.24. The van der Waals surface area contributed by atoms with Crippen LogP contribution in [0.25, 0.3) is 0 Å². The second kappa shape index (κ2) is 3.11. The number of hydrogen-bond donors (Lipinski definition) is 0. The van der Waals surface area contributed by atoms with E-state index in [2.05, 4.69) is 5.92 Å². The molecule has 0 saturated heterocycles. The topological polar surface area (TPSA) is 0 Å². The van der Waals surface area contributed by atoms with Crippen LogP contribution in [0.15, 0.2) is 0 Å². The van der Waals surface area contributed by atoms with Gasteiger partial charge in [0.15, 0.2) is 0 Å². The molecule has 15 heavy (non-hydrogen) atoms. The van der Waals surface area contributed by atoms with Crippen LogP contribution >= 0.6 is 0 Å². The van der Waals surface area contributed by atoms with Gasteiger partial charge in [0.2, 0.25) is 0 Å². The minimum absolute atomic E-state index is 0. The van der Waals surface area contributed by atoms with Gasteiger partial charge < -0.3 is 5.92 Å². The first kappa shape index (κ1) is 10.1. The van der Waals surface area contributed by atoms with Gasteiger partial charge in [-0.1, -0.05) is 43.4 Å². The second-order valence-electron chi connectivity index (χ2n) is 6.89. The van der Waals surface area contributed by atoms with Crippen molar-refractivity contribution in [1.82, 2.24) is 0 Å². The van der Waals surface area contributed by atoms with E-state index in [1.54, 1.807) is 38.5 Å². The van der Waals surface area contributed by atoms with Crippen LogP contribution in [0.1, 0.15) is 38.5 Å². The summed E-state index contributed by atoms with van der Waals surface area (Å²) in [6.45, 7) is 0. The molecule has 0 heterocycles. The van der Waals surface area contributed by atoms with Gasteiger partial charge in [0.25, 0.3) is 0 Å². The minimum Gasteiger partial charge on any atom is -0.307 e. The van der Waals surface area contributed by atoms with Gasteiger partial charge in [-0.25, -0.2) is 0 Å². The van der Waals surface area contributed by atoms with E-state index in [1.165, 1.54) is 23.7 Å². The Balaban J connectivity index is 0.000000648. The van der Waals surface area contributed by atoms with E-state index in [0.717, 1.165) is 17.8 Å². The Kier molecular flexibility index (Phi) is 2.08. The molecule has 0 aromatic carbocycles. The molecule has 4 atom stereocenters. The fraction of sp³-hybridized carbons (Fsp3) is 0.929. The van der Waals surface area contributed by atoms with Crippen molar-refractivity contribution in [2.75, 3.05) is 0 Å². The largest absolute Gasteiger partial charge is 0.307 e. The molecular weight excluding hydrogens is 257 g/mol. The van der Waals surface area contributed by atoms with E-state index < -0.39 is 0 Å². The van der Waals surface area contributed by atoms with Gasteiger partial charge in [0, 0.05) is 32.7 Å². The Labute approximate surface area is 118 Å². The smallest absolute Gasteiger partial charge is 0 e. The monoisotopic (exact) mass is 276 g/mol.